The van der Waals surface area contributed by atoms with Gasteiger partial charge in [0.05, 0.1) is 6.61 Å². The number of hydrogen-bond donors (Lipinski definition) is 1. The minimum atomic E-state index is -4.33. The average molecular weight is 381 g/mol. The van der Waals surface area contributed by atoms with Crippen LogP contribution in [-0.2, 0) is 22.7 Å². The highest BCUT2D eigenvalue weighted by Gasteiger charge is 2.27. The van der Waals surface area contributed by atoms with Crippen molar-refractivity contribution in [1.82, 2.24) is 5.32 Å². The Bertz CT molecular complexity index is 738. The molecule has 0 saturated carbocycles. The molecule has 0 unspecified atom stereocenters. The van der Waals surface area contributed by atoms with Crippen molar-refractivity contribution in [3.63, 3.8) is 0 Å². The van der Waals surface area contributed by atoms with Crippen LogP contribution in [0.2, 0.25) is 0 Å². The van der Waals surface area contributed by atoms with Crippen molar-refractivity contribution in [3.05, 3.63) is 64.7 Å². The molecule has 146 valence electrons. The third-order valence-corrected chi connectivity index (χ3v) is 3.61. The second-order valence-corrected chi connectivity index (χ2v) is 6.31. The van der Waals surface area contributed by atoms with E-state index in [1.165, 1.54) is 0 Å². The zero-order valence-electron chi connectivity index (χ0n) is 15.2. The normalized spacial score (nSPS) is 11.3. The van der Waals surface area contributed by atoms with Gasteiger partial charge in [-0.25, -0.2) is 0 Å². The van der Waals surface area contributed by atoms with Crippen molar-refractivity contribution < 1.29 is 27.4 Å². The molecule has 7 heteroatoms. The number of nitrogens with one attached hydrogen (secondary N) is 1. The van der Waals surface area contributed by atoms with Gasteiger partial charge in [0, 0.05) is 6.54 Å². The Hall–Kier alpha value is -2.54. The van der Waals surface area contributed by atoms with Crippen molar-refractivity contribution in [3.8, 4) is 5.75 Å². The second-order valence-electron chi connectivity index (χ2n) is 6.31. The van der Waals surface area contributed by atoms with Gasteiger partial charge < -0.3 is 14.8 Å². The first-order valence-corrected chi connectivity index (χ1v) is 8.41. The molecule has 0 atom stereocenters. The summed E-state index contributed by atoms with van der Waals surface area (Å²) in [6.45, 7) is 2.74. The fourth-order valence-corrected chi connectivity index (χ4v) is 2.45. The highest BCUT2D eigenvalue weighted by molar-refractivity contribution is 5.77. The Kier molecular flexibility index (Phi) is 7.24. The van der Waals surface area contributed by atoms with Crippen LogP contribution in [0.4, 0.5) is 13.2 Å². The van der Waals surface area contributed by atoms with E-state index in [4.69, 9.17) is 4.74 Å². The number of carbonyl (C=O) groups excluding carboxylic acids is 1. The second kappa shape index (κ2) is 9.41. The lowest BCUT2D eigenvalue weighted by Crippen LogP contribution is -2.28. The number of halogens is 3. The number of rotatable bonds is 8. The summed E-state index contributed by atoms with van der Waals surface area (Å²) in [5.41, 5.74) is 3.58. The largest absolute Gasteiger partial charge is 0.484 e. The first-order valence-electron chi connectivity index (χ1n) is 8.41. The summed E-state index contributed by atoms with van der Waals surface area (Å²) in [7, 11) is 0. The van der Waals surface area contributed by atoms with E-state index in [0.717, 1.165) is 16.7 Å². The monoisotopic (exact) mass is 381 g/mol. The molecule has 4 nitrogen and oxygen atoms in total. The molecule has 0 aliphatic rings. The van der Waals surface area contributed by atoms with E-state index < -0.39 is 12.8 Å². The predicted molar refractivity (Wildman–Crippen MR) is 95.4 cm³/mol. The van der Waals surface area contributed by atoms with Gasteiger partial charge in [-0.2, -0.15) is 13.2 Å². The molecule has 0 aliphatic heterocycles. The summed E-state index contributed by atoms with van der Waals surface area (Å²) in [5.74, 6) is 0.387. The molecular formula is C20H22F3NO3. The maximum atomic E-state index is 12.0. The number of benzene rings is 2. The smallest absolute Gasteiger partial charge is 0.411 e. The molecule has 27 heavy (non-hydrogen) atoms. The van der Waals surface area contributed by atoms with Crippen LogP contribution in [0.3, 0.4) is 0 Å². The standard InChI is InChI=1S/C20H22F3NO3/c1-14-7-15(2)9-18(8-14)27-12-19(25)24-10-16-3-5-17(6-4-16)11-26-13-20(21,22)23/h3-9H,10-13H2,1-2H3,(H,24,25). The number of alkyl halides is 3. The number of hydrogen-bond acceptors (Lipinski definition) is 3. The van der Waals surface area contributed by atoms with Crippen LogP contribution in [0.25, 0.3) is 0 Å². The van der Waals surface area contributed by atoms with Crippen LogP contribution < -0.4 is 10.1 Å². The minimum Gasteiger partial charge on any atom is -0.484 e. The zero-order valence-corrected chi connectivity index (χ0v) is 15.2. The van der Waals surface area contributed by atoms with Crippen LogP contribution in [0.15, 0.2) is 42.5 Å². The van der Waals surface area contributed by atoms with E-state index in [-0.39, 0.29) is 19.1 Å². The van der Waals surface area contributed by atoms with Crippen LogP contribution in [0.5, 0.6) is 5.75 Å². The first-order chi connectivity index (χ1) is 12.7. The highest BCUT2D eigenvalue weighted by Crippen LogP contribution is 2.17. The van der Waals surface area contributed by atoms with E-state index in [9.17, 15) is 18.0 Å². The Morgan fingerprint density at radius 1 is 1.00 bits per heavy atom. The van der Waals surface area contributed by atoms with Crippen molar-refractivity contribution in [2.75, 3.05) is 13.2 Å². The molecule has 1 N–H and O–H groups in total. The molecule has 0 aromatic heterocycles. The molecule has 0 spiro atoms. The van der Waals surface area contributed by atoms with Gasteiger partial charge in [-0.1, -0.05) is 30.3 Å². The SMILES string of the molecule is Cc1cc(C)cc(OCC(=O)NCc2ccc(COCC(F)(F)F)cc2)c1. The Morgan fingerprint density at radius 2 is 1.59 bits per heavy atom. The van der Waals surface area contributed by atoms with Gasteiger partial charge in [0.2, 0.25) is 0 Å². The van der Waals surface area contributed by atoms with Crippen molar-refractivity contribution >= 4 is 5.91 Å². The third-order valence-electron chi connectivity index (χ3n) is 3.61. The summed E-state index contributed by atoms with van der Waals surface area (Å²) in [6, 6.07) is 12.5. The van der Waals surface area contributed by atoms with Crippen molar-refractivity contribution in [2.45, 2.75) is 33.2 Å². The maximum absolute atomic E-state index is 12.0. The Morgan fingerprint density at radius 3 is 2.19 bits per heavy atom. The van der Waals surface area contributed by atoms with Crippen LogP contribution >= 0.6 is 0 Å². The molecule has 0 aliphatic carbocycles. The van der Waals surface area contributed by atoms with Crippen LogP contribution in [0, 0.1) is 13.8 Å². The zero-order chi connectivity index (χ0) is 19.9. The average Bonchev–Trinajstić information content (AvgIpc) is 2.57. The summed E-state index contributed by atoms with van der Waals surface area (Å²) in [6.07, 6.45) is -4.33. The fourth-order valence-electron chi connectivity index (χ4n) is 2.45. The maximum Gasteiger partial charge on any atom is 0.411 e. The van der Waals surface area contributed by atoms with Crippen molar-refractivity contribution in [2.24, 2.45) is 0 Å². The Labute approximate surface area is 156 Å². The number of carbonyl (C=O) groups is 1. The molecule has 0 heterocycles. The minimum absolute atomic E-state index is 0.0910. The lowest BCUT2D eigenvalue weighted by Gasteiger charge is -2.10. The summed E-state index contributed by atoms with van der Waals surface area (Å²) < 4.78 is 46.2. The summed E-state index contributed by atoms with van der Waals surface area (Å²) in [5, 5.41) is 2.74. The van der Waals surface area contributed by atoms with E-state index in [1.54, 1.807) is 24.3 Å². The van der Waals surface area contributed by atoms with Crippen LogP contribution in [-0.4, -0.2) is 25.3 Å². The molecule has 2 aromatic rings. The lowest BCUT2D eigenvalue weighted by molar-refractivity contribution is -0.176. The molecule has 2 rings (SSSR count). The molecule has 0 fully saturated rings. The van der Waals surface area contributed by atoms with E-state index in [2.05, 4.69) is 10.1 Å². The van der Waals surface area contributed by atoms with Gasteiger partial charge in [0.1, 0.15) is 12.4 Å². The van der Waals surface area contributed by atoms with Gasteiger partial charge in [-0.05, 0) is 48.2 Å². The topological polar surface area (TPSA) is 47.6 Å². The van der Waals surface area contributed by atoms with Gasteiger partial charge in [0.25, 0.3) is 5.91 Å². The predicted octanol–water partition coefficient (Wildman–Crippen LogP) is 4.08. The number of aryl methyl sites for hydroxylation is 2. The lowest BCUT2D eigenvalue weighted by atomic mass is 10.1. The fraction of sp³-hybridized carbons (Fsp3) is 0.350. The third kappa shape index (κ3) is 8.13. The molecule has 1 amide bonds. The van der Waals surface area contributed by atoms with Crippen molar-refractivity contribution in [1.29, 1.82) is 0 Å². The highest BCUT2D eigenvalue weighted by atomic mass is 19.4. The van der Waals surface area contributed by atoms with Gasteiger partial charge >= 0.3 is 6.18 Å². The number of ether oxygens (including phenoxy) is 2. The van der Waals surface area contributed by atoms with Crippen LogP contribution in [0.1, 0.15) is 22.3 Å². The molecule has 0 radical (unpaired) electrons. The van der Waals surface area contributed by atoms with Gasteiger partial charge in [-0.15, -0.1) is 0 Å². The van der Waals surface area contributed by atoms with E-state index >= 15 is 0 Å². The first kappa shape index (κ1) is 20.8. The molecular weight excluding hydrogens is 359 g/mol. The molecule has 2 aromatic carbocycles. The van der Waals surface area contributed by atoms with Gasteiger partial charge in [-0.3, -0.25) is 4.79 Å². The molecule has 0 saturated heterocycles. The number of amides is 1. The molecule has 0 bridgehead atoms. The van der Waals surface area contributed by atoms with Gasteiger partial charge in [0.15, 0.2) is 6.61 Å². The van der Waals surface area contributed by atoms with E-state index in [0.29, 0.717) is 17.9 Å². The van der Waals surface area contributed by atoms with E-state index in [1.807, 2.05) is 32.0 Å². The summed E-state index contributed by atoms with van der Waals surface area (Å²) >= 11 is 0. The quantitative estimate of drug-likeness (QED) is 0.750. The summed E-state index contributed by atoms with van der Waals surface area (Å²) in [4.78, 5) is 11.9. The Balaban J connectivity index is 1.73.